The number of nitrogens with two attached hydrogens (primary N) is 1. The fraction of sp³-hybridized carbons (Fsp3) is 0.500. The largest absolute Gasteiger partial charge is 0.330 e. The van der Waals surface area contributed by atoms with Gasteiger partial charge < -0.3 is 5.73 Å². The Kier molecular flexibility index (Phi) is 5.11. The van der Waals surface area contributed by atoms with E-state index >= 15 is 0 Å². The van der Waals surface area contributed by atoms with Crippen LogP contribution in [0, 0.1) is 6.92 Å². The molecule has 0 amide bonds. The molecule has 0 heterocycles. The van der Waals surface area contributed by atoms with E-state index in [0.717, 1.165) is 5.56 Å². The third kappa shape index (κ3) is 3.52. The van der Waals surface area contributed by atoms with E-state index in [9.17, 15) is 8.42 Å². The van der Waals surface area contributed by atoms with Crippen LogP contribution in [0.25, 0.3) is 0 Å². The molecule has 0 saturated carbocycles. The summed E-state index contributed by atoms with van der Waals surface area (Å²) < 4.78 is 26.1. The van der Waals surface area contributed by atoms with Crippen LogP contribution in [0.3, 0.4) is 0 Å². The lowest BCUT2D eigenvalue weighted by atomic mass is 10.2. The average Bonchev–Trinajstić information content (AvgIpc) is 2.30. The molecule has 0 atom stereocenters. The van der Waals surface area contributed by atoms with Crippen molar-refractivity contribution in [3.05, 3.63) is 29.8 Å². The molecule has 0 spiro atoms. The summed E-state index contributed by atoms with van der Waals surface area (Å²) in [6.45, 7) is 5.17. The molecule has 0 aromatic heterocycles. The van der Waals surface area contributed by atoms with Crippen LogP contribution >= 0.6 is 0 Å². The molecule has 0 bridgehead atoms. The monoisotopic (exact) mass is 256 g/mol. The van der Waals surface area contributed by atoms with Gasteiger partial charge in [0.15, 0.2) is 0 Å². The topological polar surface area (TPSA) is 63.4 Å². The molecule has 4 nitrogen and oxygen atoms in total. The molecular weight excluding hydrogens is 236 g/mol. The SMILES string of the molecule is CCN(CCCN)S(=O)(=O)c1cccc(C)c1. The van der Waals surface area contributed by atoms with E-state index in [-0.39, 0.29) is 0 Å². The van der Waals surface area contributed by atoms with Gasteiger partial charge in [-0.2, -0.15) is 4.31 Å². The number of benzene rings is 1. The maximum Gasteiger partial charge on any atom is 0.243 e. The Morgan fingerprint density at radius 3 is 2.59 bits per heavy atom. The highest BCUT2D eigenvalue weighted by Gasteiger charge is 2.22. The lowest BCUT2D eigenvalue weighted by molar-refractivity contribution is 0.423. The minimum Gasteiger partial charge on any atom is -0.330 e. The first kappa shape index (κ1) is 14.2. The Hall–Kier alpha value is -0.910. The van der Waals surface area contributed by atoms with Crippen LogP contribution in [0.15, 0.2) is 29.2 Å². The number of rotatable bonds is 6. The van der Waals surface area contributed by atoms with Gasteiger partial charge >= 0.3 is 0 Å². The molecule has 1 aromatic rings. The normalized spacial score (nSPS) is 12.0. The lowest BCUT2D eigenvalue weighted by Gasteiger charge is -2.20. The minimum absolute atomic E-state index is 0.358. The van der Waals surface area contributed by atoms with Crippen LogP contribution < -0.4 is 5.73 Å². The summed E-state index contributed by atoms with van der Waals surface area (Å²) in [5.41, 5.74) is 6.36. The predicted octanol–water partition coefficient (Wildman–Crippen LogP) is 1.35. The summed E-state index contributed by atoms with van der Waals surface area (Å²) in [5, 5.41) is 0. The highest BCUT2D eigenvalue weighted by Crippen LogP contribution is 2.16. The summed E-state index contributed by atoms with van der Waals surface area (Å²) in [4.78, 5) is 0.358. The molecule has 0 fully saturated rings. The van der Waals surface area contributed by atoms with Crippen molar-refractivity contribution in [1.29, 1.82) is 0 Å². The van der Waals surface area contributed by atoms with Crippen molar-refractivity contribution < 1.29 is 8.42 Å². The van der Waals surface area contributed by atoms with Crippen molar-refractivity contribution in [1.82, 2.24) is 4.31 Å². The standard InChI is InChI=1S/C12H20N2O2S/c1-3-14(9-5-8-13)17(15,16)12-7-4-6-11(2)10-12/h4,6-7,10H,3,5,8-9,13H2,1-2H3. The summed E-state index contributed by atoms with van der Waals surface area (Å²) >= 11 is 0. The molecule has 5 heteroatoms. The highest BCUT2D eigenvalue weighted by atomic mass is 32.2. The van der Waals surface area contributed by atoms with Crippen molar-refractivity contribution in [3.8, 4) is 0 Å². The molecular formula is C12H20N2O2S. The molecule has 17 heavy (non-hydrogen) atoms. The lowest BCUT2D eigenvalue weighted by Crippen LogP contribution is -2.32. The Morgan fingerprint density at radius 2 is 2.06 bits per heavy atom. The van der Waals surface area contributed by atoms with Gasteiger partial charge in [0, 0.05) is 13.1 Å². The first-order valence-corrected chi connectivity index (χ1v) is 7.23. The Bertz CT molecular complexity index is 457. The molecule has 0 radical (unpaired) electrons. The van der Waals surface area contributed by atoms with E-state index in [0.29, 0.717) is 31.0 Å². The zero-order valence-corrected chi connectivity index (χ0v) is 11.2. The summed E-state index contributed by atoms with van der Waals surface area (Å²) in [6.07, 6.45) is 0.679. The number of nitrogens with zero attached hydrogens (tertiary/aromatic N) is 1. The molecule has 0 aliphatic rings. The van der Waals surface area contributed by atoms with Gasteiger partial charge in [-0.25, -0.2) is 8.42 Å². The van der Waals surface area contributed by atoms with Crippen LogP contribution in [0.5, 0.6) is 0 Å². The summed E-state index contributed by atoms with van der Waals surface area (Å²) in [7, 11) is -3.37. The average molecular weight is 256 g/mol. The number of hydrogen-bond acceptors (Lipinski definition) is 3. The summed E-state index contributed by atoms with van der Waals surface area (Å²) in [5.74, 6) is 0. The van der Waals surface area contributed by atoms with E-state index in [1.165, 1.54) is 4.31 Å². The molecule has 96 valence electrons. The van der Waals surface area contributed by atoms with Gasteiger partial charge in [0.05, 0.1) is 4.90 Å². The van der Waals surface area contributed by atoms with Gasteiger partial charge in [-0.05, 0) is 37.6 Å². The van der Waals surface area contributed by atoms with E-state index in [1.807, 2.05) is 19.9 Å². The van der Waals surface area contributed by atoms with E-state index in [4.69, 9.17) is 5.73 Å². The van der Waals surface area contributed by atoms with Crippen LogP contribution in [-0.4, -0.2) is 32.4 Å². The number of aryl methyl sites for hydroxylation is 1. The first-order valence-electron chi connectivity index (χ1n) is 5.79. The predicted molar refractivity (Wildman–Crippen MR) is 69.3 cm³/mol. The Morgan fingerprint density at radius 1 is 1.35 bits per heavy atom. The van der Waals surface area contributed by atoms with Crippen LogP contribution in [0.2, 0.25) is 0 Å². The molecule has 1 aromatic carbocycles. The van der Waals surface area contributed by atoms with Gasteiger partial charge in [0.1, 0.15) is 0 Å². The molecule has 0 aliphatic heterocycles. The molecule has 0 aliphatic carbocycles. The van der Waals surface area contributed by atoms with Gasteiger partial charge in [-0.15, -0.1) is 0 Å². The smallest absolute Gasteiger partial charge is 0.243 e. The number of sulfonamides is 1. The van der Waals surface area contributed by atoms with Gasteiger partial charge in [0.2, 0.25) is 10.0 Å². The molecule has 0 unspecified atom stereocenters. The van der Waals surface area contributed by atoms with Gasteiger partial charge in [-0.1, -0.05) is 19.1 Å². The fourth-order valence-corrected chi connectivity index (χ4v) is 3.23. The second kappa shape index (κ2) is 6.14. The van der Waals surface area contributed by atoms with Crippen molar-refractivity contribution in [3.63, 3.8) is 0 Å². The van der Waals surface area contributed by atoms with Crippen LogP contribution in [0.1, 0.15) is 18.9 Å². The third-order valence-electron chi connectivity index (χ3n) is 2.59. The molecule has 2 N–H and O–H groups in total. The Labute approximate surface area is 103 Å². The van der Waals surface area contributed by atoms with E-state index in [2.05, 4.69) is 0 Å². The van der Waals surface area contributed by atoms with Crippen molar-refractivity contribution >= 4 is 10.0 Å². The van der Waals surface area contributed by atoms with Gasteiger partial charge in [0.25, 0.3) is 0 Å². The first-order chi connectivity index (χ1) is 8.02. The maximum atomic E-state index is 12.3. The minimum atomic E-state index is -3.37. The molecule has 0 saturated heterocycles. The van der Waals surface area contributed by atoms with Crippen LogP contribution in [-0.2, 0) is 10.0 Å². The zero-order chi connectivity index (χ0) is 12.9. The Balaban J connectivity index is 3.00. The third-order valence-corrected chi connectivity index (χ3v) is 4.56. The van der Waals surface area contributed by atoms with Crippen molar-refractivity contribution in [2.24, 2.45) is 5.73 Å². The van der Waals surface area contributed by atoms with E-state index < -0.39 is 10.0 Å². The second-order valence-electron chi connectivity index (χ2n) is 3.96. The van der Waals surface area contributed by atoms with Crippen molar-refractivity contribution in [2.75, 3.05) is 19.6 Å². The highest BCUT2D eigenvalue weighted by molar-refractivity contribution is 7.89. The second-order valence-corrected chi connectivity index (χ2v) is 5.89. The van der Waals surface area contributed by atoms with Crippen molar-refractivity contribution in [2.45, 2.75) is 25.2 Å². The maximum absolute atomic E-state index is 12.3. The number of hydrogen-bond donors (Lipinski definition) is 1. The van der Waals surface area contributed by atoms with Gasteiger partial charge in [-0.3, -0.25) is 0 Å². The zero-order valence-electron chi connectivity index (χ0n) is 10.4. The quantitative estimate of drug-likeness (QED) is 0.835. The summed E-state index contributed by atoms with van der Waals surface area (Å²) in [6, 6.07) is 6.97. The van der Waals surface area contributed by atoms with Crippen LogP contribution in [0.4, 0.5) is 0 Å². The fourth-order valence-electron chi connectivity index (χ4n) is 1.64. The van der Waals surface area contributed by atoms with E-state index in [1.54, 1.807) is 18.2 Å². The molecule has 1 rings (SSSR count).